The Morgan fingerprint density at radius 3 is 2.57 bits per heavy atom. The smallest absolute Gasteiger partial charge is 0.200 e. The van der Waals surface area contributed by atoms with Crippen molar-refractivity contribution >= 4 is 5.78 Å². The molecule has 0 saturated heterocycles. The number of rotatable bonds is 5. The zero-order valence-corrected chi connectivity index (χ0v) is 11.3. The molecule has 0 N–H and O–H groups in total. The van der Waals surface area contributed by atoms with Crippen LogP contribution in [0.5, 0.6) is 11.5 Å². The number of benzene rings is 2. The lowest BCUT2D eigenvalue weighted by Crippen LogP contribution is -2.12. The van der Waals surface area contributed by atoms with E-state index in [-0.39, 0.29) is 23.7 Å². The number of carbonyl (C=O) groups excluding carboxylic acids is 1. The predicted octanol–water partition coefficient (Wildman–Crippen LogP) is 2.97. The number of methoxy groups -OCH3 is 1. The van der Waals surface area contributed by atoms with Crippen molar-refractivity contribution in [3.8, 4) is 17.6 Å². The summed E-state index contributed by atoms with van der Waals surface area (Å²) in [6.45, 7) is -0.273. The van der Waals surface area contributed by atoms with Crippen molar-refractivity contribution < 1.29 is 18.7 Å². The normalized spacial score (nSPS) is 9.76. The molecule has 0 bridgehead atoms. The van der Waals surface area contributed by atoms with Gasteiger partial charge in [0.05, 0.1) is 7.11 Å². The van der Waals surface area contributed by atoms with Crippen molar-refractivity contribution in [2.24, 2.45) is 0 Å². The van der Waals surface area contributed by atoms with Crippen LogP contribution >= 0.6 is 0 Å². The molecule has 0 amide bonds. The van der Waals surface area contributed by atoms with Gasteiger partial charge in [0.1, 0.15) is 28.9 Å². The van der Waals surface area contributed by atoms with Crippen molar-refractivity contribution in [1.29, 1.82) is 5.26 Å². The molecule has 2 rings (SSSR count). The molecule has 0 aliphatic heterocycles. The van der Waals surface area contributed by atoms with Crippen LogP contribution in [0, 0.1) is 17.1 Å². The van der Waals surface area contributed by atoms with Crippen molar-refractivity contribution in [3.63, 3.8) is 0 Å². The van der Waals surface area contributed by atoms with Crippen LogP contribution in [0.4, 0.5) is 4.39 Å². The number of nitriles is 1. The maximum atomic E-state index is 13.4. The van der Waals surface area contributed by atoms with Crippen LogP contribution in [0.1, 0.15) is 15.9 Å². The van der Waals surface area contributed by atoms with Crippen LogP contribution in [0.25, 0.3) is 0 Å². The van der Waals surface area contributed by atoms with Gasteiger partial charge in [-0.15, -0.1) is 0 Å². The van der Waals surface area contributed by atoms with E-state index in [2.05, 4.69) is 0 Å². The lowest BCUT2D eigenvalue weighted by atomic mass is 10.1. The Morgan fingerprint density at radius 1 is 1.24 bits per heavy atom. The third-order valence-electron chi connectivity index (χ3n) is 2.86. The summed E-state index contributed by atoms with van der Waals surface area (Å²) in [5.41, 5.74) is 0.241. The van der Waals surface area contributed by atoms with E-state index in [4.69, 9.17) is 14.7 Å². The van der Waals surface area contributed by atoms with Gasteiger partial charge in [-0.05, 0) is 36.4 Å². The molecule has 0 saturated carbocycles. The maximum absolute atomic E-state index is 13.4. The summed E-state index contributed by atoms with van der Waals surface area (Å²) in [6, 6.07) is 12.3. The molecular weight excluding hydrogens is 273 g/mol. The molecule has 0 aromatic heterocycles. The summed E-state index contributed by atoms with van der Waals surface area (Å²) in [5.74, 6) is -0.249. The Balaban J connectivity index is 2.07. The quantitative estimate of drug-likeness (QED) is 0.792. The zero-order chi connectivity index (χ0) is 15.2. The number of halogens is 1. The molecule has 0 fully saturated rings. The summed E-state index contributed by atoms with van der Waals surface area (Å²) in [5, 5.41) is 8.87. The Bertz CT molecular complexity index is 690. The second kappa shape index (κ2) is 6.53. The van der Waals surface area contributed by atoms with Crippen LogP contribution < -0.4 is 9.47 Å². The SMILES string of the molecule is COc1ccc(C(=O)COc2cccc(F)c2C#N)cc1. The number of carbonyl (C=O) groups is 1. The fourth-order valence-electron chi connectivity index (χ4n) is 1.74. The third kappa shape index (κ3) is 3.37. The Kier molecular flexibility index (Phi) is 4.52. The first-order chi connectivity index (χ1) is 10.2. The number of hydrogen-bond acceptors (Lipinski definition) is 4. The number of ketones is 1. The highest BCUT2D eigenvalue weighted by molar-refractivity contribution is 5.97. The van der Waals surface area contributed by atoms with E-state index in [1.54, 1.807) is 30.3 Å². The summed E-state index contributed by atoms with van der Waals surface area (Å²) >= 11 is 0. The molecule has 106 valence electrons. The van der Waals surface area contributed by atoms with Gasteiger partial charge >= 0.3 is 0 Å². The largest absolute Gasteiger partial charge is 0.497 e. The van der Waals surface area contributed by atoms with E-state index in [1.165, 1.54) is 19.2 Å². The minimum absolute atomic E-state index is 0.0550. The van der Waals surface area contributed by atoms with Gasteiger partial charge < -0.3 is 9.47 Å². The summed E-state index contributed by atoms with van der Waals surface area (Å²) in [7, 11) is 1.54. The predicted molar refractivity (Wildman–Crippen MR) is 73.9 cm³/mol. The van der Waals surface area contributed by atoms with Gasteiger partial charge in [0.25, 0.3) is 0 Å². The van der Waals surface area contributed by atoms with Gasteiger partial charge in [-0.1, -0.05) is 6.07 Å². The minimum Gasteiger partial charge on any atom is -0.497 e. The van der Waals surface area contributed by atoms with Crippen molar-refractivity contribution in [2.75, 3.05) is 13.7 Å². The van der Waals surface area contributed by atoms with Gasteiger partial charge in [0.2, 0.25) is 0 Å². The molecule has 21 heavy (non-hydrogen) atoms. The highest BCUT2D eigenvalue weighted by Crippen LogP contribution is 2.20. The van der Waals surface area contributed by atoms with Crippen LogP contribution in [-0.2, 0) is 0 Å². The number of ether oxygens (including phenoxy) is 2. The van der Waals surface area contributed by atoms with Gasteiger partial charge in [0, 0.05) is 5.56 Å². The molecule has 0 atom stereocenters. The van der Waals surface area contributed by atoms with E-state index in [1.807, 2.05) is 0 Å². The Morgan fingerprint density at radius 2 is 1.95 bits per heavy atom. The molecule has 2 aromatic carbocycles. The minimum atomic E-state index is -0.674. The first-order valence-electron chi connectivity index (χ1n) is 6.14. The molecule has 0 aliphatic carbocycles. The molecule has 4 nitrogen and oxygen atoms in total. The van der Waals surface area contributed by atoms with Gasteiger partial charge in [-0.2, -0.15) is 5.26 Å². The molecular formula is C16H12FNO3. The van der Waals surface area contributed by atoms with E-state index >= 15 is 0 Å². The lowest BCUT2D eigenvalue weighted by Gasteiger charge is -2.08. The fourth-order valence-corrected chi connectivity index (χ4v) is 1.74. The first-order valence-corrected chi connectivity index (χ1v) is 6.14. The van der Waals surface area contributed by atoms with E-state index in [0.29, 0.717) is 11.3 Å². The zero-order valence-electron chi connectivity index (χ0n) is 11.3. The molecule has 0 aliphatic rings. The topological polar surface area (TPSA) is 59.3 Å². The molecule has 0 unspecified atom stereocenters. The first kappa shape index (κ1) is 14.5. The van der Waals surface area contributed by atoms with E-state index in [9.17, 15) is 9.18 Å². The monoisotopic (exact) mass is 285 g/mol. The Hall–Kier alpha value is -2.87. The van der Waals surface area contributed by atoms with E-state index in [0.717, 1.165) is 6.07 Å². The molecule has 2 aromatic rings. The van der Waals surface area contributed by atoms with Crippen LogP contribution in [0.15, 0.2) is 42.5 Å². The van der Waals surface area contributed by atoms with Crippen molar-refractivity contribution in [1.82, 2.24) is 0 Å². The second-order valence-corrected chi connectivity index (χ2v) is 4.17. The lowest BCUT2D eigenvalue weighted by molar-refractivity contribution is 0.0921. The number of Topliss-reactive ketones (excluding diaryl/α,β-unsaturated/α-hetero) is 1. The van der Waals surface area contributed by atoms with Crippen molar-refractivity contribution in [2.45, 2.75) is 0 Å². The summed E-state index contributed by atoms with van der Waals surface area (Å²) in [4.78, 5) is 12.0. The average molecular weight is 285 g/mol. The third-order valence-corrected chi connectivity index (χ3v) is 2.86. The van der Waals surface area contributed by atoms with Gasteiger partial charge in [-0.3, -0.25) is 4.79 Å². The standard InChI is InChI=1S/C16H12FNO3/c1-20-12-7-5-11(6-8-12)15(19)10-21-16-4-2-3-14(17)13(16)9-18/h2-8H,10H2,1H3. The average Bonchev–Trinajstić information content (AvgIpc) is 2.52. The van der Waals surface area contributed by atoms with Crippen LogP contribution in [-0.4, -0.2) is 19.5 Å². The van der Waals surface area contributed by atoms with Gasteiger partial charge in [0.15, 0.2) is 12.4 Å². The second-order valence-electron chi connectivity index (χ2n) is 4.17. The molecule has 0 spiro atoms. The molecule has 0 radical (unpaired) electrons. The number of hydrogen-bond donors (Lipinski definition) is 0. The Labute approximate surface area is 121 Å². The van der Waals surface area contributed by atoms with Crippen LogP contribution in [0.3, 0.4) is 0 Å². The van der Waals surface area contributed by atoms with Gasteiger partial charge in [-0.25, -0.2) is 4.39 Å². The highest BCUT2D eigenvalue weighted by atomic mass is 19.1. The number of nitrogens with zero attached hydrogens (tertiary/aromatic N) is 1. The van der Waals surface area contributed by atoms with Crippen molar-refractivity contribution in [3.05, 3.63) is 59.4 Å². The maximum Gasteiger partial charge on any atom is 0.200 e. The fraction of sp³-hybridized carbons (Fsp3) is 0.125. The van der Waals surface area contributed by atoms with E-state index < -0.39 is 5.82 Å². The summed E-state index contributed by atoms with van der Waals surface area (Å²) in [6.07, 6.45) is 0. The summed E-state index contributed by atoms with van der Waals surface area (Å²) < 4.78 is 23.6. The molecule has 0 heterocycles. The molecule has 5 heteroatoms. The highest BCUT2D eigenvalue weighted by Gasteiger charge is 2.12. The van der Waals surface area contributed by atoms with Crippen LogP contribution in [0.2, 0.25) is 0 Å².